The van der Waals surface area contributed by atoms with E-state index in [1.165, 1.54) is 0 Å². The van der Waals surface area contributed by atoms with E-state index in [0.29, 0.717) is 0 Å². The Kier molecular flexibility index (Phi) is 11.9. The van der Waals surface area contributed by atoms with Gasteiger partial charge in [0.25, 0.3) is 0 Å². The minimum Gasteiger partial charge on any atom is -0.744 e. The van der Waals surface area contributed by atoms with Gasteiger partial charge in [0.2, 0.25) is 0 Å². The van der Waals surface area contributed by atoms with Crippen molar-refractivity contribution in [2.75, 3.05) is 0 Å². The van der Waals surface area contributed by atoms with Crippen molar-refractivity contribution in [1.29, 1.82) is 0 Å². The van der Waals surface area contributed by atoms with Crippen LogP contribution >= 0.6 is 0 Å². The van der Waals surface area contributed by atoms with Crippen LogP contribution in [0.15, 0.2) is 29.2 Å². The van der Waals surface area contributed by atoms with Gasteiger partial charge in [-0.1, -0.05) is 6.07 Å². The number of hydrogen-bond donors (Lipinski definition) is 0. The minimum atomic E-state index is -9.72. The second kappa shape index (κ2) is 12.4. The topological polar surface area (TPSA) is 66.4 Å². The van der Waals surface area contributed by atoms with Gasteiger partial charge in [-0.05, 0) is 18.2 Å². The molecule has 31 heteroatoms. The molecule has 0 unspecified atom stereocenters. The molecule has 0 N–H and O–H groups in total. The van der Waals surface area contributed by atoms with Crippen LogP contribution < -0.4 is 34.3 Å². The summed E-state index contributed by atoms with van der Waals surface area (Å²) < 4.78 is 371. The van der Waals surface area contributed by atoms with Gasteiger partial charge in [0.15, 0.2) is 0 Å². The molecule has 49 heavy (non-hydrogen) atoms. The first-order valence-electron chi connectivity index (χ1n) is 10.4. The van der Waals surface area contributed by atoms with Crippen LogP contribution in [0, 0.1) is 0 Å². The Morgan fingerprint density at radius 2 is 0.714 bits per heavy atom. The largest absolute Gasteiger partial charge is 1.00 e. The zero-order valence-corrected chi connectivity index (χ0v) is 24.6. The first-order chi connectivity index (χ1) is 20.4. The van der Waals surface area contributed by atoms with E-state index in [1.807, 2.05) is 0 Å². The standard InChI is InChI=1S/C18H5F25O4S.Na/c19-7(20,9(23,24)11(27,28)13(31,32)15(35,36)17(39,40)41)8(21,22)10(25,26)12(29,30)14(33,34)16(37,38)18(42,43)47-5-2-1-3-6(4-5)48(44,45)46;/h1-4H,(H,44,45,46);/q;+1/p-1. The Balaban J connectivity index is 0.0000230. The van der Waals surface area contributed by atoms with Crippen LogP contribution in [0.2, 0.25) is 0 Å². The van der Waals surface area contributed by atoms with E-state index in [0.717, 1.165) is 0 Å². The monoisotopic (exact) mass is 814 g/mol. The maximum absolute atomic E-state index is 13.9. The molecule has 1 aromatic rings. The fourth-order valence-corrected chi connectivity index (χ4v) is 3.35. The van der Waals surface area contributed by atoms with Crippen LogP contribution in [-0.4, -0.2) is 84.5 Å². The molecule has 0 saturated carbocycles. The van der Waals surface area contributed by atoms with Crippen LogP contribution in [-0.2, 0) is 10.1 Å². The maximum atomic E-state index is 13.9. The Labute approximate surface area is 273 Å². The van der Waals surface area contributed by atoms with E-state index >= 15 is 0 Å². The van der Waals surface area contributed by atoms with Crippen molar-refractivity contribution in [3.05, 3.63) is 24.3 Å². The molecule has 1 aromatic carbocycles. The molecule has 0 bridgehead atoms. The van der Waals surface area contributed by atoms with Crippen LogP contribution in [0.5, 0.6) is 5.75 Å². The second-order valence-corrected chi connectivity index (χ2v) is 10.2. The van der Waals surface area contributed by atoms with Crippen molar-refractivity contribution in [3.63, 3.8) is 0 Å². The Bertz CT molecular complexity index is 1470. The fourth-order valence-electron chi connectivity index (χ4n) is 2.84. The predicted molar refractivity (Wildman–Crippen MR) is 95.5 cm³/mol. The summed E-state index contributed by atoms with van der Waals surface area (Å²) in [5, 5.41) is 0. The van der Waals surface area contributed by atoms with E-state index in [1.54, 1.807) is 0 Å². The van der Waals surface area contributed by atoms with Crippen molar-refractivity contribution in [1.82, 2.24) is 0 Å². The Morgan fingerprint density at radius 1 is 0.449 bits per heavy atom. The molecule has 0 spiro atoms. The van der Waals surface area contributed by atoms with Crippen LogP contribution in [0.3, 0.4) is 0 Å². The SMILES string of the molecule is O=S(=O)([O-])c1cccc(OC(F)(F)C(F)(F)C(F)(F)C(F)(F)C(F)(F)C(F)(F)C(F)(F)C(F)(F)C(F)(F)C(F)(F)C(F)(F)C(F)(F)F)c1.[Na+]. The van der Waals surface area contributed by atoms with E-state index in [2.05, 4.69) is 4.74 Å². The summed E-state index contributed by atoms with van der Waals surface area (Å²) in [6.07, 6.45) is -15.8. The van der Waals surface area contributed by atoms with Gasteiger partial charge >= 0.3 is 101 Å². The molecule has 0 heterocycles. The molecule has 282 valence electrons. The van der Waals surface area contributed by atoms with Crippen molar-refractivity contribution >= 4 is 10.1 Å². The molecule has 1 rings (SSSR count). The van der Waals surface area contributed by atoms with Gasteiger partial charge in [0, 0.05) is 0 Å². The molecule has 0 aliphatic rings. The molecule has 0 radical (unpaired) electrons. The summed E-state index contributed by atoms with van der Waals surface area (Å²) in [4.78, 5) is -1.79. The molecule has 0 aromatic heterocycles. The van der Waals surface area contributed by atoms with Crippen LogP contribution in [0.25, 0.3) is 0 Å². The normalized spacial score (nSPS) is 16.0. The maximum Gasteiger partial charge on any atom is 1.00 e. The molecular weight excluding hydrogens is 810 g/mol. The number of alkyl halides is 25. The van der Waals surface area contributed by atoms with Crippen LogP contribution in [0.4, 0.5) is 110 Å². The number of rotatable bonds is 13. The first kappa shape index (κ1) is 47.2. The Hall–Kier alpha value is -1.82. The second-order valence-electron chi connectivity index (χ2n) is 8.79. The number of ether oxygens (including phenoxy) is 1. The van der Waals surface area contributed by atoms with Crippen molar-refractivity contribution < 1.29 is 157 Å². The average Bonchev–Trinajstić information content (AvgIpc) is 2.86. The quantitative estimate of drug-likeness (QED) is 0.151. The molecule has 0 atom stereocenters. The van der Waals surface area contributed by atoms with Gasteiger partial charge in [-0.15, -0.1) is 0 Å². The summed E-state index contributed by atoms with van der Waals surface area (Å²) >= 11 is 0. The van der Waals surface area contributed by atoms with Crippen molar-refractivity contribution in [3.8, 4) is 5.75 Å². The summed E-state index contributed by atoms with van der Waals surface area (Å²) in [5.74, 6) is -95.4. The van der Waals surface area contributed by atoms with Gasteiger partial charge in [0.1, 0.15) is 15.9 Å². The fraction of sp³-hybridized carbons (Fsp3) is 0.667. The average molecular weight is 814 g/mol. The number of halogens is 25. The zero-order valence-electron chi connectivity index (χ0n) is 21.8. The molecule has 0 fully saturated rings. The van der Waals surface area contributed by atoms with Crippen molar-refractivity contribution in [2.45, 2.75) is 76.4 Å². The van der Waals surface area contributed by atoms with E-state index < -0.39 is 98.3 Å². The molecule has 0 amide bonds. The third-order valence-corrected chi connectivity index (χ3v) is 6.44. The first-order valence-corrected chi connectivity index (χ1v) is 11.8. The van der Waals surface area contributed by atoms with Crippen molar-refractivity contribution in [2.24, 2.45) is 0 Å². The minimum absolute atomic E-state index is 0. The molecule has 0 aliphatic carbocycles. The Morgan fingerprint density at radius 3 is 0.980 bits per heavy atom. The van der Waals surface area contributed by atoms with Gasteiger partial charge in [-0.25, -0.2) is 8.42 Å². The van der Waals surface area contributed by atoms with E-state index in [-0.39, 0.29) is 47.8 Å². The zero-order chi connectivity index (χ0) is 39.2. The van der Waals surface area contributed by atoms with Gasteiger partial charge in [-0.2, -0.15) is 110 Å². The van der Waals surface area contributed by atoms with Gasteiger partial charge in [0.05, 0.1) is 4.90 Å². The molecular formula is C18H4F25NaO4S. The summed E-state index contributed by atoms with van der Waals surface area (Å²) in [6.45, 7) is 0. The smallest absolute Gasteiger partial charge is 0.744 e. The number of benzene rings is 1. The summed E-state index contributed by atoms with van der Waals surface area (Å²) in [5.41, 5.74) is 0. The van der Waals surface area contributed by atoms with E-state index in [9.17, 15) is 123 Å². The predicted octanol–water partition coefficient (Wildman–Crippen LogP) is 5.48. The van der Waals surface area contributed by atoms with Crippen LogP contribution in [0.1, 0.15) is 0 Å². The summed E-state index contributed by atoms with van der Waals surface area (Å²) in [6, 6.07) is -0.663. The molecule has 0 saturated heterocycles. The molecule has 0 aliphatic heterocycles. The van der Waals surface area contributed by atoms with Gasteiger partial charge < -0.3 is 9.29 Å². The summed E-state index contributed by atoms with van der Waals surface area (Å²) in [7, 11) is -5.81. The molecule has 4 nitrogen and oxygen atoms in total. The number of hydrogen-bond acceptors (Lipinski definition) is 4. The third kappa shape index (κ3) is 6.45. The third-order valence-electron chi connectivity index (χ3n) is 5.61. The van der Waals surface area contributed by atoms with Gasteiger partial charge in [-0.3, -0.25) is 0 Å². The van der Waals surface area contributed by atoms with E-state index in [4.69, 9.17) is 0 Å².